The molecule has 12 heteroatoms. The smallest absolute Gasteiger partial charge is 0.344 e. The fraction of sp³-hybridized carbons (Fsp3) is 0.212. The first-order valence-electron chi connectivity index (χ1n) is 14.0. The van der Waals surface area contributed by atoms with E-state index in [2.05, 4.69) is 45.2 Å². The van der Waals surface area contributed by atoms with Gasteiger partial charge in [-0.3, -0.25) is 9.36 Å². The lowest BCUT2D eigenvalue weighted by molar-refractivity contribution is -0.145. The summed E-state index contributed by atoms with van der Waals surface area (Å²) in [5.74, 6) is -0.386. The molecule has 0 saturated carbocycles. The third-order valence-electron chi connectivity index (χ3n) is 6.76. The summed E-state index contributed by atoms with van der Waals surface area (Å²) in [5.41, 5.74) is 2.84. The molecule has 232 valence electrons. The highest BCUT2D eigenvalue weighted by Gasteiger charge is 2.35. The maximum absolute atomic E-state index is 14.2. The van der Waals surface area contributed by atoms with Crippen molar-refractivity contribution in [2.75, 3.05) is 26.1 Å². The summed E-state index contributed by atoms with van der Waals surface area (Å²) in [6, 6.07) is 20.4. The largest absolute Gasteiger partial charge is 0.480 e. The van der Waals surface area contributed by atoms with Crippen LogP contribution in [0.15, 0.2) is 87.0 Å². The van der Waals surface area contributed by atoms with Gasteiger partial charge >= 0.3 is 11.9 Å². The lowest BCUT2D eigenvalue weighted by Gasteiger charge is -2.26. The minimum atomic E-state index is -0.743. The highest BCUT2D eigenvalue weighted by molar-refractivity contribution is 14.1. The van der Waals surface area contributed by atoms with E-state index in [9.17, 15) is 14.4 Å². The number of hydrogen-bond donors (Lipinski definition) is 0. The number of aromatic nitrogens is 1. The molecule has 3 aromatic carbocycles. The molecule has 1 atom stereocenters. The van der Waals surface area contributed by atoms with Crippen molar-refractivity contribution in [2.24, 2.45) is 4.99 Å². The molecule has 0 N–H and O–H groups in total. The Kier molecular flexibility index (Phi) is 11.2. The fourth-order valence-corrected chi connectivity index (χ4v) is 8.36. The normalized spacial score (nSPS) is 14.5. The monoisotopic (exact) mass is 866 g/mol. The Hall–Kier alpha value is -2.95. The molecule has 2 heterocycles. The Morgan fingerprint density at radius 2 is 1.67 bits per heavy atom. The fourth-order valence-electron chi connectivity index (χ4n) is 4.83. The quantitative estimate of drug-likeness (QED) is 0.113. The zero-order valence-electron chi connectivity index (χ0n) is 24.5. The molecule has 4 aromatic rings. The van der Waals surface area contributed by atoms with Crippen molar-refractivity contribution in [1.82, 2.24) is 4.57 Å². The molecular weight excluding hydrogens is 838 g/mol. The maximum atomic E-state index is 14.2. The van der Waals surface area contributed by atoms with Crippen molar-refractivity contribution >= 4 is 92.0 Å². The van der Waals surface area contributed by atoms with Gasteiger partial charge in [0.1, 0.15) is 5.75 Å². The van der Waals surface area contributed by atoms with Crippen molar-refractivity contribution in [3.8, 4) is 5.75 Å². The first-order valence-corrected chi connectivity index (χ1v) is 18.1. The number of esters is 2. The number of ether oxygens (including phenoxy) is 3. The molecule has 1 aliphatic rings. The molecule has 0 aliphatic carbocycles. The number of carbonyl (C=O) groups is 2. The summed E-state index contributed by atoms with van der Waals surface area (Å²) >= 11 is 7.18. The first kappa shape index (κ1) is 33.4. The molecule has 45 heavy (non-hydrogen) atoms. The van der Waals surface area contributed by atoms with E-state index in [-0.39, 0.29) is 25.4 Å². The van der Waals surface area contributed by atoms with E-state index in [1.807, 2.05) is 79.1 Å². The number of thioether (sulfide) groups is 1. The van der Waals surface area contributed by atoms with E-state index in [1.165, 1.54) is 11.3 Å². The number of halogens is 2. The Morgan fingerprint density at radius 1 is 1.00 bits per heavy atom. The minimum Gasteiger partial charge on any atom is -0.480 e. The SMILES string of the molecule is CCOC(=O)COc1c(I)cc(/C=c2\sc3n(c2=O)[C@@H](c2ccc(SC)cc2)C(C(=O)OCC)=C(c2ccccc2)N=3)cc1I. The summed E-state index contributed by atoms with van der Waals surface area (Å²) in [6.07, 6.45) is 3.81. The van der Waals surface area contributed by atoms with E-state index in [0.717, 1.165) is 28.7 Å². The van der Waals surface area contributed by atoms with Crippen LogP contribution in [0.25, 0.3) is 11.8 Å². The summed E-state index contributed by atoms with van der Waals surface area (Å²) in [4.78, 5) is 46.1. The average molecular weight is 867 g/mol. The molecule has 1 aliphatic heterocycles. The third kappa shape index (κ3) is 7.39. The summed E-state index contributed by atoms with van der Waals surface area (Å²) < 4.78 is 19.9. The number of fused-ring (bicyclic) bond motifs is 1. The maximum Gasteiger partial charge on any atom is 0.344 e. The molecule has 5 rings (SSSR count). The van der Waals surface area contributed by atoms with Crippen molar-refractivity contribution in [3.63, 3.8) is 0 Å². The van der Waals surface area contributed by atoms with Crippen LogP contribution in [-0.2, 0) is 19.1 Å². The van der Waals surface area contributed by atoms with Crippen LogP contribution in [0.3, 0.4) is 0 Å². The highest BCUT2D eigenvalue weighted by atomic mass is 127. The van der Waals surface area contributed by atoms with Gasteiger partial charge in [0, 0.05) is 10.5 Å². The van der Waals surface area contributed by atoms with Crippen molar-refractivity contribution in [1.29, 1.82) is 0 Å². The van der Waals surface area contributed by atoms with Gasteiger partial charge in [-0.25, -0.2) is 14.6 Å². The van der Waals surface area contributed by atoms with Crippen LogP contribution in [0.1, 0.15) is 36.6 Å². The van der Waals surface area contributed by atoms with Crippen LogP contribution < -0.4 is 19.6 Å². The third-order valence-corrected chi connectivity index (χ3v) is 10.1. The molecule has 0 bridgehead atoms. The number of rotatable bonds is 10. The second kappa shape index (κ2) is 15.1. The van der Waals surface area contributed by atoms with Crippen LogP contribution in [0, 0.1) is 7.14 Å². The van der Waals surface area contributed by atoms with E-state index in [1.54, 1.807) is 30.2 Å². The first-order chi connectivity index (χ1) is 21.7. The number of benzene rings is 3. The summed E-state index contributed by atoms with van der Waals surface area (Å²) in [5, 5.41) is 0. The summed E-state index contributed by atoms with van der Waals surface area (Å²) in [6.45, 7) is 3.78. The standard InChI is InChI=1S/C33H28I2N2O6S2/c1-4-41-26(38)18-43-30-23(34)15-19(16-24(30)35)17-25-31(39)37-29(21-11-13-22(44-3)14-12-21)27(32(40)42-5-2)28(36-33(37)45-25)20-9-7-6-8-10-20/h6-17,29H,4-5,18H2,1-3H3/b25-17-/t29-/m0/s1. The lowest BCUT2D eigenvalue weighted by atomic mass is 9.93. The second-order valence-electron chi connectivity index (χ2n) is 9.61. The van der Waals surface area contributed by atoms with Gasteiger partial charge in [-0.2, -0.15) is 0 Å². The zero-order valence-corrected chi connectivity index (χ0v) is 30.5. The van der Waals surface area contributed by atoms with Gasteiger partial charge in [0.2, 0.25) is 0 Å². The molecule has 0 fully saturated rings. The van der Waals surface area contributed by atoms with Gasteiger partial charge in [0.05, 0.1) is 42.2 Å². The molecule has 0 radical (unpaired) electrons. The zero-order chi connectivity index (χ0) is 32.1. The summed E-state index contributed by atoms with van der Waals surface area (Å²) in [7, 11) is 0. The number of hydrogen-bond acceptors (Lipinski definition) is 9. The molecule has 1 aromatic heterocycles. The van der Waals surface area contributed by atoms with E-state index in [0.29, 0.717) is 26.4 Å². The van der Waals surface area contributed by atoms with Crippen molar-refractivity contribution < 1.29 is 23.8 Å². The molecule has 0 unspecified atom stereocenters. The van der Waals surface area contributed by atoms with Crippen LogP contribution in [-0.4, -0.2) is 42.6 Å². The van der Waals surface area contributed by atoms with Crippen LogP contribution in [0.5, 0.6) is 5.75 Å². The Balaban J connectivity index is 1.68. The second-order valence-corrected chi connectivity index (χ2v) is 13.8. The molecule has 8 nitrogen and oxygen atoms in total. The van der Waals surface area contributed by atoms with Crippen LogP contribution in [0.4, 0.5) is 0 Å². The number of carbonyl (C=O) groups excluding carboxylic acids is 2. The van der Waals surface area contributed by atoms with E-state index in [4.69, 9.17) is 19.2 Å². The predicted molar refractivity (Wildman–Crippen MR) is 193 cm³/mol. The number of nitrogens with zero attached hydrogens (tertiary/aromatic N) is 2. The Morgan fingerprint density at radius 3 is 2.29 bits per heavy atom. The topological polar surface area (TPSA) is 96.2 Å². The Labute approximate surface area is 295 Å². The minimum absolute atomic E-state index is 0.184. The Bertz CT molecular complexity index is 1930. The van der Waals surface area contributed by atoms with Gasteiger partial charge in [0.25, 0.3) is 5.56 Å². The van der Waals surface area contributed by atoms with Crippen molar-refractivity contribution in [3.05, 3.63) is 116 Å². The number of thiazole rings is 1. The van der Waals surface area contributed by atoms with Gasteiger partial charge in [-0.15, -0.1) is 11.8 Å². The molecule has 0 spiro atoms. The highest BCUT2D eigenvalue weighted by Crippen LogP contribution is 2.36. The average Bonchev–Trinajstić information content (AvgIpc) is 3.34. The van der Waals surface area contributed by atoms with Gasteiger partial charge in [-0.1, -0.05) is 53.8 Å². The molecule has 0 saturated heterocycles. The predicted octanol–water partition coefficient (Wildman–Crippen LogP) is 5.81. The van der Waals surface area contributed by atoms with Crippen LogP contribution >= 0.6 is 68.3 Å². The van der Waals surface area contributed by atoms with Gasteiger partial charge in [0.15, 0.2) is 11.4 Å². The lowest BCUT2D eigenvalue weighted by Crippen LogP contribution is -2.40. The van der Waals surface area contributed by atoms with Gasteiger partial charge < -0.3 is 14.2 Å². The van der Waals surface area contributed by atoms with Crippen LogP contribution in [0.2, 0.25) is 0 Å². The van der Waals surface area contributed by atoms with Crippen molar-refractivity contribution in [2.45, 2.75) is 24.8 Å². The van der Waals surface area contributed by atoms with E-state index >= 15 is 0 Å². The molecular formula is C33H28I2N2O6S2. The van der Waals surface area contributed by atoms with E-state index < -0.39 is 18.0 Å². The van der Waals surface area contributed by atoms with Gasteiger partial charge in [-0.05, 0) is 107 Å². The molecule has 0 amide bonds.